The maximum Gasteiger partial charge on any atom is 5.00 e. The van der Waals surface area contributed by atoms with Gasteiger partial charge in [-0.1, -0.05) is 0 Å². The van der Waals surface area contributed by atoms with Crippen molar-refractivity contribution in [3.05, 3.63) is 0 Å². The van der Waals surface area contributed by atoms with Crippen molar-refractivity contribution in [1.82, 2.24) is 0 Å². The molecule has 16 valence electrons. The zero-order chi connectivity index (χ0) is 0. The second kappa shape index (κ2) is 29.2. The third-order valence-corrected chi connectivity index (χ3v) is 0. The molecule has 0 aromatic heterocycles. The van der Waals surface area contributed by atoms with Crippen molar-refractivity contribution in [3.63, 3.8) is 0 Å². The van der Waals surface area contributed by atoms with Crippen LogP contribution in [0.3, 0.4) is 0 Å². The maximum absolute atomic E-state index is 0. The maximum atomic E-state index is 0. The first-order chi connectivity index (χ1) is 0. The van der Waals surface area contributed by atoms with Gasteiger partial charge in [0.1, 0.15) is 0 Å². The molecule has 0 spiro atoms. The monoisotopic (exact) mass is 439 g/mol. The Labute approximate surface area is 90.3 Å². The Morgan fingerprint density at radius 3 is 1.00 bits per heavy atom. The zero-order valence-corrected chi connectivity index (χ0v) is 10.9. The van der Waals surface area contributed by atoms with Crippen molar-refractivity contribution < 1.29 is 91.7 Å². The summed E-state index contributed by atoms with van der Waals surface area (Å²) >= 11 is 0. The molecule has 0 aliphatic rings. The van der Waals surface area contributed by atoms with E-state index < -0.39 is 0 Å². The van der Waals surface area contributed by atoms with Crippen LogP contribution in [0.5, 0.6) is 0 Å². The van der Waals surface area contributed by atoms with Gasteiger partial charge in [-0.25, -0.2) is 0 Å². The quantitative estimate of drug-likeness (QED) is 0.474. The average Bonchev–Trinajstić information content (AvgIpc) is 0. The first-order valence-corrected chi connectivity index (χ1v) is 0. The standard InChI is InChI=1S/Mo.Nb.O.Ti.W/q+4;+5;-2;+4;. The van der Waals surface area contributed by atoms with E-state index in [1.165, 1.54) is 0 Å². The molecule has 0 aromatic rings. The molecule has 0 unspecified atom stereocenters. The van der Waals surface area contributed by atoms with Crippen LogP contribution in [-0.2, 0) is 91.7 Å². The fourth-order valence-corrected chi connectivity index (χ4v) is 0. The molecule has 0 radical (unpaired) electrons. The van der Waals surface area contributed by atoms with Crippen LogP contribution in [0.2, 0.25) is 0 Å². The fraction of sp³-hybridized carbons (Fsp3) is 0. The van der Waals surface area contributed by atoms with Crippen LogP contribution in [0.15, 0.2) is 0 Å². The summed E-state index contributed by atoms with van der Waals surface area (Å²) in [5.74, 6) is 0. The Kier molecular flexibility index (Phi) is 270. The predicted molar refractivity (Wildman–Crippen MR) is 0.686 cm³/mol. The number of rotatable bonds is 0. The van der Waals surface area contributed by atoms with Gasteiger partial charge in [0.15, 0.2) is 0 Å². The Morgan fingerprint density at radius 1 is 1.00 bits per heavy atom. The summed E-state index contributed by atoms with van der Waals surface area (Å²) in [6, 6.07) is 0. The topological polar surface area (TPSA) is 28.5 Å². The molecule has 0 amide bonds. The molecule has 0 saturated carbocycles. The summed E-state index contributed by atoms with van der Waals surface area (Å²) in [6.07, 6.45) is 0. The van der Waals surface area contributed by atoms with Gasteiger partial charge < -0.3 is 5.48 Å². The largest absolute Gasteiger partial charge is 5.00 e. The van der Waals surface area contributed by atoms with Gasteiger partial charge in [0.2, 0.25) is 0 Å². The Morgan fingerprint density at radius 2 is 1.00 bits per heavy atom. The molecule has 0 aliphatic carbocycles. The minimum absolute atomic E-state index is 0. The summed E-state index contributed by atoms with van der Waals surface area (Å²) in [5, 5.41) is 0. The van der Waals surface area contributed by atoms with Crippen molar-refractivity contribution in [1.29, 1.82) is 0 Å². The third kappa shape index (κ3) is 20.0. The summed E-state index contributed by atoms with van der Waals surface area (Å²) in [5.41, 5.74) is 0. The molecule has 0 bridgehead atoms. The Balaban J connectivity index is 0. The van der Waals surface area contributed by atoms with Crippen LogP contribution < -0.4 is 0 Å². The summed E-state index contributed by atoms with van der Waals surface area (Å²) in [4.78, 5) is 0. The summed E-state index contributed by atoms with van der Waals surface area (Å²) < 4.78 is 0. The van der Waals surface area contributed by atoms with E-state index in [-0.39, 0.29) is 91.7 Å². The average molecular weight is 437 g/mol. The van der Waals surface area contributed by atoms with Crippen LogP contribution in [-0.4, -0.2) is 0 Å². The van der Waals surface area contributed by atoms with E-state index in [9.17, 15) is 0 Å². The molecule has 0 heterocycles. The van der Waals surface area contributed by atoms with Crippen LogP contribution in [0.25, 0.3) is 0 Å². The van der Waals surface area contributed by atoms with Gasteiger partial charge >= 0.3 is 65.2 Å². The van der Waals surface area contributed by atoms with E-state index in [4.69, 9.17) is 0 Å². The van der Waals surface area contributed by atoms with Crippen molar-refractivity contribution in [2.75, 3.05) is 0 Å². The van der Waals surface area contributed by atoms with Gasteiger partial charge in [0.05, 0.1) is 0 Å². The van der Waals surface area contributed by atoms with E-state index in [2.05, 4.69) is 0 Å². The van der Waals surface area contributed by atoms with Crippen molar-refractivity contribution in [3.8, 4) is 0 Å². The van der Waals surface area contributed by atoms with Gasteiger partial charge in [0.25, 0.3) is 0 Å². The molecule has 0 N–H and O–H groups in total. The molecule has 5 heavy (non-hydrogen) atoms. The van der Waals surface area contributed by atoms with Crippen LogP contribution in [0, 0.1) is 0 Å². The fourth-order valence-electron chi connectivity index (χ4n) is 0. The normalized spacial score (nSPS) is 0. The van der Waals surface area contributed by atoms with Crippen molar-refractivity contribution in [2.24, 2.45) is 0 Å². The van der Waals surface area contributed by atoms with E-state index in [0.717, 1.165) is 0 Å². The zero-order valence-electron chi connectivity index (χ0n) is 2.17. The molecule has 0 rings (SSSR count). The Hall–Kier alpha value is 2.79. The molecule has 0 aromatic carbocycles. The van der Waals surface area contributed by atoms with E-state index >= 15 is 0 Å². The minimum Gasteiger partial charge on any atom is -2.00 e. The number of hydrogen-bond acceptors (Lipinski definition) is 0. The Bertz CT molecular complexity index is 11.6. The van der Waals surface area contributed by atoms with Crippen LogP contribution >= 0.6 is 0 Å². The second-order valence-corrected chi connectivity index (χ2v) is 0. The smallest absolute Gasteiger partial charge is 2.00 e. The van der Waals surface area contributed by atoms with Crippen LogP contribution in [0.4, 0.5) is 0 Å². The molecule has 1 nitrogen and oxygen atoms in total. The van der Waals surface area contributed by atoms with Gasteiger partial charge in [-0.05, 0) is 0 Å². The predicted octanol–water partition coefficient (Wildman–Crippen LogP) is -0.129. The molecular formula is MoNbOTiW+11. The van der Waals surface area contributed by atoms with E-state index in [1.54, 1.807) is 0 Å². The van der Waals surface area contributed by atoms with Gasteiger partial charge in [0, 0.05) is 21.1 Å². The molecule has 0 fully saturated rings. The molecule has 0 atom stereocenters. The molecule has 0 saturated heterocycles. The molecule has 5 heteroatoms. The van der Waals surface area contributed by atoms with Gasteiger partial charge in [-0.15, -0.1) is 0 Å². The first kappa shape index (κ1) is 46.1. The SMILES string of the molecule is [Mo+4].[Nb+5].[O-2].[Ti+4].[W]. The van der Waals surface area contributed by atoms with Gasteiger partial charge in [-0.2, -0.15) is 0 Å². The third-order valence-electron chi connectivity index (χ3n) is 0. The van der Waals surface area contributed by atoms with E-state index in [0.29, 0.717) is 0 Å². The molecule has 0 aliphatic heterocycles. The minimum atomic E-state index is 0. The second-order valence-electron chi connectivity index (χ2n) is 0. The van der Waals surface area contributed by atoms with Crippen molar-refractivity contribution >= 4 is 0 Å². The van der Waals surface area contributed by atoms with Crippen LogP contribution in [0.1, 0.15) is 0 Å². The van der Waals surface area contributed by atoms with Gasteiger partial charge in [-0.3, -0.25) is 0 Å². The summed E-state index contributed by atoms with van der Waals surface area (Å²) in [7, 11) is 0. The number of hydrogen-bond donors (Lipinski definition) is 0. The summed E-state index contributed by atoms with van der Waals surface area (Å²) in [6.45, 7) is 0. The van der Waals surface area contributed by atoms with E-state index in [1.807, 2.05) is 0 Å². The van der Waals surface area contributed by atoms with Crippen molar-refractivity contribution in [2.45, 2.75) is 0 Å². The molecular weight excluding hydrogens is 437 g/mol. The first-order valence-electron chi connectivity index (χ1n) is 0.